The van der Waals surface area contributed by atoms with Crippen LogP contribution in [0.1, 0.15) is 18.9 Å². The van der Waals surface area contributed by atoms with Crippen LogP contribution < -0.4 is 9.47 Å². The van der Waals surface area contributed by atoms with Crippen LogP contribution in [0, 0.1) is 0 Å². The Bertz CT molecular complexity index is 1330. The van der Waals surface area contributed by atoms with E-state index in [2.05, 4.69) is 24.3 Å². The van der Waals surface area contributed by atoms with Gasteiger partial charge in [0.2, 0.25) is 0 Å². The van der Waals surface area contributed by atoms with Crippen molar-refractivity contribution in [2.45, 2.75) is 35.8 Å². The summed E-state index contributed by atoms with van der Waals surface area (Å²) < 4.78 is 72.5. The third-order valence-corrected chi connectivity index (χ3v) is 7.33. The Morgan fingerprint density at radius 3 is 2.18 bits per heavy atom. The SMILES string of the molecule is C1=CC2=CC=C1C2.CCc1ccc(S(=O)(=O)OC2COc3cccc(S(=O)(=O)O)c3O2)cc1. The molecule has 33 heavy (non-hydrogen) atoms. The van der Waals surface area contributed by atoms with Crippen molar-refractivity contribution < 1.29 is 35.0 Å². The van der Waals surface area contributed by atoms with E-state index >= 15 is 0 Å². The van der Waals surface area contributed by atoms with Crippen molar-refractivity contribution in [3.05, 3.63) is 83.5 Å². The fourth-order valence-electron chi connectivity index (χ4n) is 3.40. The second-order valence-electron chi connectivity index (χ2n) is 7.46. The lowest BCUT2D eigenvalue weighted by Crippen LogP contribution is -2.34. The molecule has 2 aliphatic carbocycles. The summed E-state index contributed by atoms with van der Waals surface area (Å²) in [6.45, 7) is 1.67. The number of ether oxygens (including phenoxy) is 2. The monoisotopic (exact) mass is 490 g/mol. The number of allylic oxidation sites excluding steroid dienone is 6. The quantitative estimate of drug-likeness (QED) is 0.497. The van der Waals surface area contributed by atoms with E-state index in [0.717, 1.165) is 18.1 Å². The van der Waals surface area contributed by atoms with Crippen molar-refractivity contribution in [1.82, 2.24) is 0 Å². The van der Waals surface area contributed by atoms with Crippen molar-refractivity contribution in [1.29, 1.82) is 0 Å². The van der Waals surface area contributed by atoms with Gasteiger partial charge in [-0.25, -0.2) is 4.18 Å². The first-order valence-corrected chi connectivity index (χ1v) is 13.0. The van der Waals surface area contributed by atoms with Crippen LogP contribution in [-0.2, 0) is 30.8 Å². The van der Waals surface area contributed by atoms with E-state index in [-0.39, 0.29) is 23.0 Å². The van der Waals surface area contributed by atoms with Crippen molar-refractivity contribution >= 4 is 20.2 Å². The summed E-state index contributed by atoms with van der Waals surface area (Å²) in [4.78, 5) is -0.597. The van der Waals surface area contributed by atoms with Gasteiger partial charge in [-0.2, -0.15) is 16.8 Å². The highest BCUT2D eigenvalue weighted by molar-refractivity contribution is 7.86. The van der Waals surface area contributed by atoms with E-state index < -0.39 is 31.4 Å². The highest BCUT2D eigenvalue weighted by Gasteiger charge is 2.32. The van der Waals surface area contributed by atoms with E-state index in [1.54, 1.807) is 12.1 Å². The summed E-state index contributed by atoms with van der Waals surface area (Å²) >= 11 is 0. The number of rotatable bonds is 5. The summed E-state index contributed by atoms with van der Waals surface area (Å²) in [6, 6.07) is 10.1. The lowest BCUT2D eigenvalue weighted by molar-refractivity contribution is -0.0461. The maximum absolute atomic E-state index is 12.4. The lowest BCUT2D eigenvalue weighted by Gasteiger charge is -2.26. The van der Waals surface area contributed by atoms with Crippen LogP contribution in [0.15, 0.2) is 87.7 Å². The van der Waals surface area contributed by atoms with Crippen molar-refractivity contribution in [2.24, 2.45) is 0 Å². The molecule has 0 spiro atoms. The average molecular weight is 491 g/mol. The van der Waals surface area contributed by atoms with Gasteiger partial charge in [0.1, 0.15) is 4.90 Å². The van der Waals surface area contributed by atoms with Crippen LogP contribution in [0.5, 0.6) is 11.5 Å². The molecular formula is C23H22O8S2. The van der Waals surface area contributed by atoms with Crippen LogP contribution in [-0.4, -0.2) is 34.3 Å². The van der Waals surface area contributed by atoms with E-state index in [1.807, 2.05) is 6.92 Å². The molecule has 10 heteroatoms. The molecule has 1 aliphatic heterocycles. The maximum atomic E-state index is 12.4. The zero-order chi connectivity index (χ0) is 23.6. The zero-order valence-corrected chi connectivity index (χ0v) is 19.3. The smallest absolute Gasteiger partial charge is 0.300 e. The molecule has 2 aromatic carbocycles. The van der Waals surface area contributed by atoms with Crippen LogP contribution in [0.4, 0.5) is 0 Å². The second kappa shape index (κ2) is 9.14. The van der Waals surface area contributed by atoms with Gasteiger partial charge in [0.25, 0.3) is 26.5 Å². The molecule has 0 fully saturated rings. The molecule has 0 amide bonds. The van der Waals surface area contributed by atoms with Gasteiger partial charge in [0.15, 0.2) is 18.1 Å². The number of benzene rings is 2. The topological polar surface area (TPSA) is 116 Å². The van der Waals surface area contributed by atoms with Crippen LogP contribution in [0.3, 0.4) is 0 Å². The molecule has 5 rings (SSSR count). The lowest BCUT2D eigenvalue weighted by atomic mass is 10.2. The van der Waals surface area contributed by atoms with Gasteiger partial charge in [0.05, 0.1) is 4.90 Å². The van der Waals surface area contributed by atoms with Crippen LogP contribution in [0.25, 0.3) is 0 Å². The molecule has 174 valence electrons. The third-order valence-electron chi connectivity index (χ3n) is 5.13. The molecule has 1 unspecified atom stereocenters. The molecule has 1 heterocycles. The van der Waals surface area contributed by atoms with Crippen molar-refractivity contribution in [3.63, 3.8) is 0 Å². The standard InChI is InChI=1S/C16H16O8S2.C7H6/c1-2-11-6-8-12(9-7-11)26(20,21)24-15-10-22-13-4-3-5-14(16(13)23-15)25(17,18)19;1-2-7-4-3-6(1)5-7/h3-9,15H,2,10H2,1H3,(H,17,18,19);1-4H,5H2. The van der Waals surface area contributed by atoms with Gasteiger partial charge in [0, 0.05) is 0 Å². The maximum Gasteiger partial charge on any atom is 0.300 e. The summed E-state index contributed by atoms with van der Waals surface area (Å²) in [7, 11) is -8.73. The van der Waals surface area contributed by atoms with Crippen molar-refractivity contribution in [2.75, 3.05) is 6.61 Å². The Morgan fingerprint density at radius 1 is 1.00 bits per heavy atom. The second-order valence-corrected chi connectivity index (χ2v) is 10.4. The van der Waals surface area contributed by atoms with E-state index in [9.17, 15) is 21.4 Å². The predicted octanol–water partition coefficient (Wildman–Crippen LogP) is 3.81. The minimum atomic E-state index is -4.58. The number of hydrogen-bond donors (Lipinski definition) is 1. The summed E-state index contributed by atoms with van der Waals surface area (Å²) in [5.74, 6) is -0.243. The highest BCUT2D eigenvalue weighted by atomic mass is 32.2. The minimum Gasteiger partial charge on any atom is -0.483 e. The van der Waals surface area contributed by atoms with E-state index in [1.165, 1.54) is 41.8 Å². The summed E-state index contributed by atoms with van der Waals surface area (Å²) in [5.41, 5.74) is 3.90. The Morgan fingerprint density at radius 2 is 1.67 bits per heavy atom. The Hall–Kier alpha value is -2.92. The zero-order valence-electron chi connectivity index (χ0n) is 17.7. The largest absolute Gasteiger partial charge is 0.483 e. The molecule has 1 N–H and O–H groups in total. The molecule has 2 bridgehead atoms. The van der Waals surface area contributed by atoms with Gasteiger partial charge in [-0.3, -0.25) is 4.55 Å². The summed E-state index contributed by atoms with van der Waals surface area (Å²) in [6.07, 6.45) is 9.26. The molecule has 8 nitrogen and oxygen atoms in total. The van der Waals surface area contributed by atoms with Gasteiger partial charge in [-0.05, 0) is 53.8 Å². The Kier molecular flexibility index (Phi) is 6.44. The third kappa shape index (κ3) is 5.36. The van der Waals surface area contributed by atoms with Gasteiger partial charge >= 0.3 is 0 Å². The first kappa shape index (κ1) is 23.2. The molecule has 0 radical (unpaired) electrons. The average Bonchev–Trinajstić information content (AvgIpc) is 3.44. The number of para-hydroxylation sites is 1. The van der Waals surface area contributed by atoms with Crippen LogP contribution in [0.2, 0.25) is 0 Å². The molecule has 3 aliphatic rings. The highest BCUT2D eigenvalue weighted by Crippen LogP contribution is 2.38. The Labute approximate surface area is 192 Å². The minimum absolute atomic E-state index is 0.0599. The number of fused-ring (bicyclic) bond motifs is 3. The predicted molar refractivity (Wildman–Crippen MR) is 120 cm³/mol. The van der Waals surface area contributed by atoms with Crippen molar-refractivity contribution in [3.8, 4) is 11.5 Å². The van der Waals surface area contributed by atoms with Gasteiger partial charge in [-0.15, -0.1) is 0 Å². The molecule has 0 aromatic heterocycles. The van der Waals surface area contributed by atoms with Gasteiger partial charge in [-0.1, -0.05) is 49.4 Å². The fraction of sp³-hybridized carbons (Fsp3) is 0.217. The Balaban J connectivity index is 0.000000310. The normalized spacial score (nSPS) is 18.3. The fourth-order valence-corrected chi connectivity index (χ4v) is 4.99. The molecule has 2 aromatic rings. The molecular weight excluding hydrogens is 468 g/mol. The number of hydrogen-bond acceptors (Lipinski definition) is 7. The van der Waals surface area contributed by atoms with Gasteiger partial charge < -0.3 is 9.47 Å². The van der Waals surface area contributed by atoms with E-state index in [4.69, 9.17) is 13.7 Å². The van der Waals surface area contributed by atoms with E-state index in [0.29, 0.717) is 0 Å². The first-order chi connectivity index (χ1) is 15.7. The molecule has 1 atom stereocenters. The number of aryl methyl sites for hydroxylation is 1. The van der Waals surface area contributed by atoms with Crippen LogP contribution >= 0.6 is 0 Å². The first-order valence-electron chi connectivity index (χ1n) is 10.2. The molecule has 0 saturated carbocycles. The summed E-state index contributed by atoms with van der Waals surface area (Å²) in [5, 5.41) is 0. The molecule has 0 saturated heterocycles.